The molecule has 2 aromatic rings. The quantitative estimate of drug-likeness (QED) is 0.796. The van der Waals surface area contributed by atoms with E-state index in [-0.39, 0.29) is 17.1 Å². The highest BCUT2D eigenvalue weighted by Crippen LogP contribution is 2.35. The average molecular weight is 437 g/mol. The number of nitrogens with one attached hydrogen (secondary N) is 1. The van der Waals surface area contributed by atoms with Crippen LogP contribution in [0.1, 0.15) is 33.6 Å². The predicted octanol–water partition coefficient (Wildman–Crippen LogP) is 2.37. The standard InChI is InChI=1S/C14H16BrF3N6O2/c1-5-24-9(13(26)22(2)3)7(6-19-24)20-12(25)10-8(15)11(14(16,17)18)21-23(10)4/h6H,5H2,1-4H3,(H,20,25). The summed E-state index contributed by atoms with van der Waals surface area (Å²) >= 11 is 2.78. The fourth-order valence-corrected chi connectivity index (χ4v) is 3.00. The average Bonchev–Trinajstić information content (AvgIpc) is 3.06. The summed E-state index contributed by atoms with van der Waals surface area (Å²) in [7, 11) is 4.29. The van der Waals surface area contributed by atoms with Crippen LogP contribution in [0.5, 0.6) is 0 Å². The number of hydrogen-bond donors (Lipinski definition) is 1. The molecule has 0 aliphatic rings. The summed E-state index contributed by atoms with van der Waals surface area (Å²) < 4.78 is 40.5. The highest BCUT2D eigenvalue weighted by atomic mass is 79.9. The third-order valence-corrected chi connectivity index (χ3v) is 4.22. The Bertz CT molecular complexity index is 856. The number of rotatable bonds is 4. The normalized spacial score (nSPS) is 11.5. The smallest absolute Gasteiger partial charge is 0.343 e. The molecular formula is C14H16BrF3N6O2. The van der Waals surface area contributed by atoms with Gasteiger partial charge in [-0.15, -0.1) is 0 Å². The third kappa shape index (κ3) is 3.59. The van der Waals surface area contributed by atoms with Gasteiger partial charge in [0, 0.05) is 27.7 Å². The van der Waals surface area contributed by atoms with Crippen LogP contribution in [0.3, 0.4) is 0 Å². The molecule has 12 heteroatoms. The van der Waals surface area contributed by atoms with E-state index < -0.39 is 28.2 Å². The number of aryl methyl sites for hydroxylation is 2. The van der Waals surface area contributed by atoms with E-state index in [0.717, 1.165) is 4.68 Å². The molecule has 0 atom stereocenters. The number of amides is 2. The summed E-state index contributed by atoms with van der Waals surface area (Å²) in [6.07, 6.45) is -3.44. The van der Waals surface area contributed by atoms with Crippen LogP contribution >= 0.6 is 15.9 Å². The lowest BCUT2D eigenvalue weighted by atomic mass is 10.3. The highest BCUT2D eigenvalue weighted by molar-refractivity contribution is 9.10. The van der Waals surface area contributed by atoms with Crippen LogP contribution in [-0.4, -0.2) is 50.4 Å². The van der Waals surface area contributed by atoms with Crippen LogP contribution in [0.15, 0.2) is 10.7 Å². The van der Waals surface area contributed by atoms with Gasteiger partial charge in [0.25, 0.3) is 11.8 Å². The number of aromatic nitrogens is 4. The first-order valence-corrected chi connectivity index (χ1v) is 8.16. The molecule has 26 heavy (non-hydrogen) atoms. The van der Waals surface area contributed by atoms with Crippen LogP contribution in [0, 0.1) is 0 Å². The van der Waals surface area contributed by atoms with E-state index in [4.69, 9.17) is 0 Å². The monoisotopic (exact) mass is 436 g/mol. The summed E-state index contributed by atoms with van der Waals surface area (Å²) in [5.41, 5.74) is -1.32. The number of carbonyl (C=O) groups excluding carboxylic acids is 2. The van der Waals surface area contributed by atoms with E-state index in [1.807, 2.05) is 0 Å². The minimum Gasteiger partial charge on any atom is -0.343 e. The Morgan fingerprint density at radius 1 is 1.31 bits per heavy atom. The topological polar surface area (TPSA) is 85.0 Å². The zero-order valence-corrected chi connectivity index (χ0v) is 15.9. The number of hydrogen-bond acceptors (Lipinski definition) is 4. The molecule has 8 nitrogen and oxygen atoms in total. The summed E-state index contributed by atoms with van der Waals surface area (Å²) in [5.74, 6) is -1.26. The van der Waals surface area contributed by atoms with Crippen molar-refractivity contribution in [3.63, 3.8) is 0 Å². The van der Waals surface area contributed by atoms with E-state index in [0.29, 0.717) is 6.54 Å². The van der Waals surface area contributed by atoms with Gasteiger partial charge in [0.1, 0.15) is 11.4 Å². The first-order valence-electron chi connectivity index (χ1n) is 7.37. The largest absolute Gasteiger partial charge is 0.436 e. The Balaban J connectivity index is 2.42. The third-order valence-electron chi connectivity index (χ3n) is 3.47. The minimum atomic E-state index is -4.71. The number of carbonyl (C=O) groups is 2. The second kappa shape index (κ2) is 7.09. The van der Waals surface area contributed by atoms with Gasteiger partial charge < -0.3 is 10.2 Å². The van der Waals surface area contributed by atoms with Crippen molar-refractivity contribution in [3.05, 3.63) is 27.8 Å². The van der Waals surface area contributed by atoms with Gasteiger partial charge in [-0.3, -0.25) is 19.0 Å². The van der Waals surface area contributed by atoms with Crippen molar-refractivity contribution in [1.82, 2.24) is 24.5 Å². The van der Waals surface area contributed by atoms with Gasteiger partial charge in [-0.05, 0) is 22.9 Å². The number of anilines is 1. The Morgan fingerprint density at radius 3 is 2.38 bits per heavy atom. The summed E-state index contributed by atoms with van der Waals surface area (Å²) in [6.45, 7) is 2.14. The van der Waals surface area contributed by atoms with Crippen LogP contribution < -0.4 is 5.32 Å². The minimum absolute atomic E-state index is 0.0946. The van der Waals surface area contributed by atoms with Gasteiger partial charge in [0.15, 0.2) is 5.69 Å². The molecule has 0 spiro atoms. The van der Waals surface area contributed by atoms with E-state index >= 15 is 0 Å². The zero-order valence-electron chi connectivity index (χ0n) is 14.3. The highest BCUT2D eigenvalue weighted by Gasteiger charge is 2.39. The lowest BCUT2D eigenvalue weighted by Gasteiger charge is -2.13. The van der Waals surface area contributed by atoms with Crippen molar-refractivity contribution in [3.8, 4) is 0 Å². The van der Waals surface area contributed by atoms with Gasteiger partial charge in [-0.1, -0.05) is 0 Å². The van der Waals surface area contributed by atoms with Crippen LogP contribution in [0.25, 0.3) is 0 Å². The van der Waals surface area contributed by atoms with Crippen molar-refractivity contribution in [1.29, 1.82) is 0 Å². The van der Waals surface area contributed by atoms with Gasteiger partial charge in [-0.25, -0.2) is 0 Å². The molecule has 0 aliphatic carbocycles. The Labute approximate surface area is 155 Å². The molecule has 0 aliphatic heterocycles. The molecular weight excluding hydrogens is 421 g/mol. The van der Waals surface area contributed by atoms with Crippen LogP contribution in [-0.2, 0) is 19.8 Å². The van der Waals surface area contributed by atoms with Gasteiger partial charge in [0.05, 0.1) is 16.4 Å². The first kappa shape index (κ1) is 19.9. The van der Waals surface area contributed by atoms with Crippen molar-refractivity contribution in [2.24, 2.45) is 7.05 Å². The van der Waals surface area contributed by atoms with Gasteiger partial charge in [-0.2, -0.15) is 23.4 Å². The lowest BCUT2D eigenvalue weighted by Crippen LogP contribution is -2.27. The van der Waals surface area contributed by atoms with Crippen molar-refractivity contribution < 1.29 is 22.8 Å². The lowest BCUT2D eigenvalue weighted by molar-refractivity contribution is -0.142. The molecule has 0 saturated carbocycles. The Kier molecular flexibility index (Phi) is 5.44. The number of alkyl halides is 3. The molecule has 0 radical (unpaired) electrons. The van der Waals surface area contributed by atoms with E-state index in [1.165, 1.54) is 36.9 Å². The molecule has 0 fully saturated rings. The molecule has 2 aromatic heterocycles. The summed E-state index contributed by atoms with van der Waals surface area (Å²) in [5, 5.41) is 9.79. The number of halogens is 4. The first-order chi connectivity index (χ1) is 12.0. The molecule has 1 N–H and O–H groups in total. The van der Waals surface area contributed by atoms with Gasteiger partial charge >= 0.3 is 6.18 Å². The fraction of sp³-hybridized carbons (Fsp3) is 0.429. The molecule has 2 amide bonds. The molecule has 142 valence electrons. The second-order valence-corrected chi connectivity index (χ2v) is 6.30. The van der Waals surface area contributed by atoms with E-state index in [1.54, 1.807) is 6.92 Å². The predicted molar refractivity (Wildman–Crippen MR) is 89.8 cm³/mol. The molecule has 0 saturated heterocycles. The molecule has 0 bridgehead atoms. The maximum absolute atomic E-state index is 12.9. The molecule has 0 unspecified atom stereocenters. The van der Waals surface area contributed by atoms with Gasteiger partial charge in [0.2, 0.25) is 0 Å². The fourth-order valence-electron chi connectivity index (χ4n) is 2.26. The summed E-state index contributed by atoms with van der Waals surface area (Å²) in [4.78, 5) is 26.1. The zero-order chi connectivity index (χ0) is 19.8. The van der Waals surface area contributed by atoms with Crippen molar-refractivity contribution >= 4 is 33.4 Å². The Morgan fingerprint density at radius 2 is 1.92 bits per heavy atom. The molecule has 2 rings (SSSR count). The SMILES string of the molecule is CCn1ncc(NC(=O)c2c(Br)c(C(F)(F)F)nn2C)c1C(=O)N(C)C. The van der Waals surface area contributed by atoms with Crippen LogP contribution in [0.2, 0.25) is 0 Å². The van der Waals surface area contributed by atoms with Crippen LogP contribution in [0.4, 0.5) is 18.9 Å². The molecule has 0 aromatic carbocycles. The maximum Gasteiger partial charge on any atom is 0.436 e. The number of nitrogens with zero attached hydrogens (tertiary/aromatic N) is 5. The Hall–Kier alpha value is -2.37. The maximum atomic E-state index is 12.9. The van der Waals surface area contributed by atoms with E-state index in [2.05, 4.69) is 31.4 Å². The van der Waals surface area contributed by atoms with Crippen molar-refractivity contribution in [2.75, 3.05) is 19.4 Å². The van der Waals surface area contributed by atoms with E-state index in [9.17, 15) is 22.8 Å². The summed E-state index contributed by atoms with van der Waals surface area (Å²) in [6, 6.07) is 0. The molecule has 2 heterocycles. The van der Waals surface area contributed by atoms with Crippen molar-refractivity contribution in [2.45, 2.75) is 19.6 Å². The second-order valence-electron chi connectivity index (χ2n) is 5.51.